The summed E-state index contributed by atoms with van der Waals surface area (Å²) < 4.78 is 0. The van der Waals surface area contributed by atoms with Gasteiger partial charge < -0.3 is 15.1 Å². The maximum Gasteiger partial charge on any atom is 0.321 e. The zero-order valence-electron chi connectivity index (χ0n) is 13.0. The second kappa shape index (κ2) is 7.23. The Morgan fingerprint density at radius 3 is 2.23 bits per heavy atom. The summed E-state index contributed by atoms with van der Waals surface area (Å²) in [7, 11) is 0. The molecule has 1 aromatic rings. The van der Waals surface area contributed by atoms with Crippen LogP contribution in [0.3, 0.4) is 0 Å². The summed E-state index contributed by atoms with van der Waals surface area (Å²) in [5.41, 5.74) is 1.86. The van der Waals surface area contributed by atoms with Crippen molar-refractivity contribution in [2.75, 3.05) is 36.4 Å². The van der Waals surface area contributed by atoms with Crippen molar-refractivity contribution in [2.24, 2.45) is 0 Å². The van der Waals surface area contributed by atoms with Crippen LogP contribution in [0.15, 0.2) is 18.2 Å². The summed E-state index contributed by atoms with van der Waals surface area (Å²) in [6.45, 7) is 3.84. The first-order valence-corrected chi connectivity index (χ1v) is 8.72. The highest BCUT2D eigenvalue weighted by atomic mass is 35.5. The molecule has 22 heavy (non-hydrogen) atoms. The number of nitrogens with one attached hydrogen (secondary N) is 1. The van der Waals surface area contributed by atoms with E-state index in [9.17, 15) is 4.79 Å². The fourth-order valence-electron chi connectivity index (χ4n) is 3.28. The van der Waals surface area contributed by atoms with E-state index in [4.69, 9.17) is 11.6 Å². The zero-order valence-corrected chi connectivity index (χ0v) is 13.7. The number of carbonyl (C=O) groups is 1. The number of nitrogens with zero attached hydrogens (tertiary/aromatic N) is 2. The molecule has 2 fully saturated rings. The van der Waals surface area contributed by atoms with Gasteiger partial charge in [0.25, 0.3) is 0 Å². The van der Waals surface area contributed by atoms with E-state index in [2.05, 4.69) is 10.2 Å². The summed E-state index contributed by atoms with van der Waals surface area (Å²) >= 11 is 6.40. The van der Waals surface area contributed by atoms with Gasteiger partial charge in [-0.25, -0.2) is 4.79 Å². The number of rotatable bonds is 2. The van der Waals surface area contributed by atoms with Crippen molar-refractivity contribution in [1.29, 1.82) is 0 Å². The Kier molecular flexibility index (Phi) is 5.08. The molecule has 1 aromatic carbocycles. The zero-order chi connectivity index (χ0) is 15.4. The molecule has 0 bridgehead atoms. The average Bonchev–Trinajstić information content (AvgIpc) is 2.89. The summed E-state index contributed by atoms with van der Waals surface area (Å²) in [4.78, 5) is 16.6. The van der Waals surface area contributed by atoms with Crippen molar-refractivity contribution in [3.8, 4) is 0 Å². The third kappa shape index (κ3) is 3.67. The first-order valence-electron chi connectivity index (χ1n) is 8.34. The SMILES string of the molecule is O=C(Nc1ccc(N2CCCC2)c(Cl)c1)N1CCCCCC1. The number of anilines is 2. The number of likely N-dealkylation sites (tertiary alicyclic amines) is 1. The molecular weight excluding hydrogens is 298 g/mol. The Morgan fingerprint density at radius 2 is 1.59 bits per heavy atom. The van der Waals surface area contributed by atoms with Crippen LogP contribution >= 0.6 is 11.6 Å². The van der Waals surface area contributed by atoms with Gasteiger partial charge in [-0.1, -0.05) is 24.4 Å². The number of amides is 2. The molecule has 0 aromatic heterocycles. The summed E-state index contributed by atoms with van der Waals surface area (Å²) in [6.07, 6.45) is 7.10. The standard InChI is InChI=1S/C17H24ClN3O/c18-15-13-14(7-8-16(15)20-9-5-6-10-20)19-17(22)21-11-3-1-2-4-12-21/h7-8,13H,1-6,9-12H2,(H,19,22). The number of urea groups is 1. The number of hydrogen-bond acceptors (Lipinski definition) is 2. The van der Waals surface area contributed by atoms with Gasteiger partial charge in [0, 0.05) is 31.9 Å². The van der Waals surface area contributed by atoms with E-state index < -0.39 is 0 Å². The van der Waals surface area contributed by atoms with Crippen LogP contribution < -0.4 is 10.2 Å². The molecule has 1 N–H and O–H groups in total. The van der Waals surface area contributed by atoms with Crippen molar-refractivity contribution >= 4 is 29.0 Å². The molecule has 0 spiro atoms. The van der Waals surface area contributed by atoms with Crippen LogP contribution in [0.4, 0.5) is 16.2 Å². The van der Waals surface area contributed by atoms with E-state index in [0.717, 1.165) is 55.4 Å². The Morgan fingerprint density at radius 1 is 0.955 bits per heavy atom. The lowest BCUT2D eigenvalue weighted by Gasteiger charge is -2.22. The van der Waals surface area contributed by atoms with Crippen LogP contribution in [0.2, 0.25) is 5.02 Å². The molecule has 0 atom stereocenters. The number of benzene rings is 1. The smallest absolute Gasteiger partial charge is 0.321 e. The van der Waals surface area contributed by atoms with E-state index >= 15 is 0 Å². The van der Waals surface area contributed by atoms with Crippen LogP contribution in [0.5, 0.6) is 0 Å². The van der Waals surface area contributed by atoms with E-state index in [1.807, 2.05) is 23.1 Å². The molecule has 0 radical (unpaired) electrons. The molecule has 2 aliphatic heterocycles. The van der Waals surface area contributed by atoms with Crippen molar-refractivity contribution < 1.29 is 4.79 Å². The first kappa shape index (κ1) is 15.5. The molecule has 3 rings (SSSR count). The average molecular weight is 322 g/mol. The molecule has 5 heteroatoms. The van der Waals surface area contributed by atoms with Gasteiger partial charge in [0.2, 0.25) is 0 Å². The van der Waals surface area contributed by atoms with E-state index in [1.165, 1.54) is 25.7 Å². The van der Waals surface area contributed by atoms with Crippen LogP contribution in [-0.4, -0.2) is 37.1 Å². The topological polar surface area (TPSA) is 35.6 Å². The van der Waals surface area contributed by atoms with Crippen LogP contribution in [-0.2, 0) is 0 Å². The lowest BCUT2D eigenvalue weighted by atomic mass is 10.2. The minimum atomic E-state index is -0.00751. The lowest BCUT2D eigenvalue weighted by Crippen LogP contribution is -2.35. The molecule has 2 aliphatic rings. The van der Waals surface area contributed by atoms with Gasteiger partial charge in [0.05, 0.1) is 10.7 Å². The Bertz CT molecular complexity index is 521. The predicted molar refractivity (Wildman–Crippen MR) is 92.0 cm³/mol. The molecular formula is C17H24ClN3O. The maximum absolute atomic E-state index is 12.3. The van der Waals surface area contributed by atoms with Gasteiger partial charge in [-0.05, 0) is 43.9 Å². The van der Waals surface area contributed by atoms with Crippen molar-refractivity contribution in [2.45, 2.75) is 38.5 Å². The predicted octanol–water partition coefficient (Wildman–Crippen LogP) is 4.35. The summed E-state index contributed by atoms with van der Waals surface area (Å²) in [5, 5.41) is 3.70. The van der Waals surface area contributed by atoms with Gasteiger partial charge in [-0.15, -0.1) is 0 Å². The highest BCUT2D eigenvalue weighted by Gasteiger charge is 2.18. The van der Waals surface area contributed by atoms with E-state index in [0.29, 0.717) is 0 Å². The van der Waals surface area contributed by atoms with Crippen molar-refractivity contribution in [3.05, 3.63) is 23.2 Å². The lowest BCUT2D eigenvalue weighted by molar-refractivity contribution is 0.214. The molecule has 2 amide bonds. The van der Waals surface area contributed by atoms with Crippen LogP contribution in [0.25, 0.3) is 0 Å². The van der Waals surface area contributed by atoms with Crippen LogP contribution in [0.1, 0.15) is 38.5 Å². The number of carbonyl (C=O) groups excluding carboxylic acids is 1. The molecule has 0 saturated carbocycles. The molecule has 4 nitrogen and oxygen atoms in total. The Hall–Kier alpha value is -1.42. The number of hydrogen-bond donors (Lipinski definition) is 1. The highest BCUT2D eigenvalue weighted by Crippen LogP contribution is 2.31. The summed E-state index contributed by atoms with van der Waals surface area (Å²) in [5.74, 6) is 0. The third-order valence-electron chi connectivity index (χ3n) is 4.54. The molecule has 120 valence electrons. The van der Waals surface area contributed by atoms with Gasteiger partial charge in [0.1, 0.15) is 0 Å². The highest BCUT2D eigenvalue weighted by molar-refractivity contribution is 6.33. The molecule has 2 heterocycles. The second-order valence-electron chi connectivity index (χ2n) is 6.19. The molecule has 0 unspecified atom stereocenters. The minimum Gasteiger partial charge on any atom is -0.370 e. The van der Waals surface area contributed by atoms with Gasteiger partial charge >= 0.3 is 6.03 Å². The molecule has 0 aliphatic carbocycles. The normalized spacial score (nSPS) is 19.1. The quantitative estimate of drug-likeness (QED) is 0.879. The van der Waals surface area contributed by atoms with Crippen LogP contribution in [0, 0.1) is 0 Å². The third-order valence-corrected chi connectivity index (χ3v) is 4.84. The van der Waals surface area contributed by atoms with Crippen molar-refractivity contribution in [1.82, 2.24) is 4.90 Å². The van der Waals surface area contributed by atoms with E-state index in [-0.39, 0.29) is 6.03 Å². The molecule has 2 saturated heterocycles. The van der Waals surface area contributed by atoms with Gasteiger partial charge in [-0.3, -0.25) is 0 Å². The van der Waals surface area contributed by atoms with Gasteiger partial charge in [0.15, 0.2) is 0 Å². The van der Waals surface area contributed by atoms with E-state index in [1.54, 1.807) is 0 Å². The largest absolute Gasteiger partial charge is 0.370 e. The number of halogens is 1. The second-order valence-corrected chi connectivity index (χ2v) is 6.60. The Labute approximate surface area is 137 Å². The summed E-state index contributed by atoms with van der Waals surface area (Å²) in [6, 6.07) is 5.83. The fraction of sp³-hybridized carbons (Fsp3) is 0.588. The monoisotopic (exact) mass is 321 g/mol. The maximum atomic E-state index is 12.3. The fourth-order valence-corrected chi connectivity index (χ4v) is 3.58. The van der Waals surface area contributed by atoms with Crippen molar-refractivity contribution in [3.63, 3.8) is 0 Å². The minimum absolute atomic E-state index is 0.00751. The van der Waals surface area contributed by atoms with Gasteiger partial charge in [-0.2, -0.15) is 0 Å². The Balaban J connectivity index is 1.64. The first-order chi connectivity index (χ1) is 10.7.